The van der Waals surface area contributed by atoms with Crippen LogP contribution in [-0.4, -0.2) is 31.5 Å². The molecular formula is C11H19F2O5P. The summed E-state index contributed by atoms with van der Waals surface area (Å²) in [4.78, 5) is 10.7. The lowest BCUT2D eigenvalue weighted by atomic mass is 10.3. The van der Waals surface area contributed by atoms with Crippen LogP contribution in [0.1, 0.15) is 26.7 Å². The second-order valence-corrected chi connectivity index (χ2v) is 5.64. The van der Waals surface area contributed by atoms with Crippen molar-refractivity contribution >= 4 is 13.6 Å². The minimum Gasteiger partial charge on any atom is -0.463 e. The first-order valence-corrected chi connectivity index (χ1v) is 7.43. The van der Waals surface area contributed by atoms with Crippen molar-refractivity contribution < 1.29 is 31.9 Å². The molecule has 0 aliphatic carbocycles. The Morgan fingerprint density at radius 2 is 1.84 bits per heavy atom. The van der Waals surface area contributed by atoms with E-state index in [0.717, 1.165) is 6.08 Å². The van der Waals surface area contributed by atoms with E-state index in [-0.39, 0.29) is 26.2 Å². The first-order valence-electron chi connectivity index (χ1n) is 5.89. The van der Waals surface area contributed by atoms with E-state index in [1.165, 1.54) is 13.8 Å². The second kappa shape index (κ2) is 8.40. The molecular weight excluding hydrogens is 281 g/mol. The molecule has 5 nitrogen and oxygen atoms in total. The minimum absolute atomic E-state index is 0.141. The van der Waals surface area contributed by atoms with Crippen molar-refractivity contribution in [2.45, 2.75) is 32.4 Å². The molecule has 8 heteroatoms. The van der Waals surface area contributed by atoms with E-state index >= 15 is 0 Å². The van der Waals surface area contributed by atoms with Gasteiger partial charge in [-0.15, -0.1) is 0 Å². The van der Waals surface area contributed by atoms with E-state index < -0.39 is 25.6 Å². The molecule has 0 aliphatic heterocycles. The summed E-state index contributed by atoms with van der Waals surface area (Å²) in [6, 6.07) is 0. The summed E-state index contributed by atoms with van der Waals surface area (Å²) in [5, 5.41) is 0. The summed E-state index contributed by atoms with van der Waals surface area (Å²) in [6.45, 7) is 5.58. The lowest BCUT2D eigenvalue weighted by Gasteiger charge is -2.25. The number of ether oxygens (including phenoxy) is 1. The molecule has 0 fully saturated rings. The summed E-state index contributed by atoms with van der Waals surface area (Å²) >= 11 is 0. The molecule has 112 valence electrons. The van der Waals surface area contributed by atoms with E-state index in [1.807, 2.05) is 0 Å². The SMILES string of the molecule is C=CC(=O)OCCCC(F)(F)P(=O)(OCC)OCC. The van der Waals surface area contributed by atoms with Crippen LogP contribution in [0.5, 0.6) is 0 Å². The molecule has 0 radical (unpaired) electrons. The molecule has 0 N–H and O–H groups in total. The van der Waals surface area contributed by atoms with Gasteiger partial charge in [-0.2, -0.15) is 8.78 Å². The van der Waals surface area contributed by atoms with Crippen molar-refractivity contribution in [3.05, 3.63) is 12.7 Å². The molecule has 0 atom stereocenters. The van der Waals surface area contributed by atoms with Gasteiger partial charge in [-0.3, -0.25) is 4.57 Å². The molecule has 0 heterocycles. The van der Waals surface area contributed by atoms with E-state index in [9.17, 15) is 18.1 Å². The highest BCUT2D eigenvalue weighted by Crippen LogP contribution is 2.63. The summed E-state index contributed by atoms with van der Waals surface area (Å²) < 4.78 is 53.2. The highest BCUT2D eigenvalue weighted by atomic mass is 31.2. The number of alkyl halides is 2. The zero-order valence-electron chi connectivity index (χ0n) is 11.1. The van der Waals surface area contributed by atoms with Crippen molar-refractivity contribution in [2.75, 3.05) is 19.8 Å². The van der Waals surface area contributed by atoms with Gasteiger partial charge in [-0.05, 0) is 20.3 Å². The van der Waals surface area contributed by atoms with Crippen LogP contribution in [0.2, 0.25) is 0 Å². The highest BCUT2D eigenvalue weighted by Gasteiger charge is 2.52. The molecule has 0 aromatic heterocycles. The fraction of sp³-hybridized carbons (Fsp3) is 0.727. The Kier molecular flexibility index (Phi) is 8.06. The third-order valence-corrected chi connectivity index (χ3v) is 4.25. The van der Waals surface area contributed by atoms with Gasteiger partial charge in [0.05, 0.1) is 19.8 Å². The van der Waals surface area contributed by atoms with Crippen LogP contribution < -0.4 is 0 Å². The van der Waals surface area contributed by atoms with Gasteiger partial charge >= 0.3 is 19.2 Å². The molecule has 0 rings (SSSR count). The van der Waals surface area contributed by atoms with Crippen molar-refractivity contribution in [1.82, 2.24) is 0 Å². The molecule has 0 amide bonds. The fourth-order valence-electron chi connectivity index (χ4n) is 1.22. The number of halogens is 2. The van der Waals surface area contributed by atoms with Crippen LogP contribution in [0.4, 0.5) is 8.78 Å². The highest BCUT2D eigenvalue weighted by molar-refractivity contribution is 7.55. The van der Waals surface area contributed by atoms with Gasteiger partial charge in [0.1, 0.15) is 0 Å². The van der Waals surface area contributed by atoms with Gasteiger partial charge in [-0.25, -0.2) is 4.79 Å². The fourth-order valence-corrected chi connectivity index (χ4v) is 2.78. The molecule has 0 aliphatic rings. The Morgan fingerprint density at radius 3 is 2.26 bits per heavy atom. The monoisotopic (exact) mass is 300 g/mol. The summed E-state index contributed by atoms with van der Waals surface area (Å²) in [5.74, 6) is -0.693. The summed E-state index contributed by atoms with van der Waals surface area (Å²) in [6.07, 6.45) is 0.0227. The lowest BCUT2D eigenvalue weighted by molar-refractivity contribution is -0.138. The van der Waals surface area contributed by atoms with Crippen LogP contribution in [0.25, 0.3) is 0 Å². The number of rotatable bonds is 10. The van der Waals surface area contributed by atoms with E-state index in [1.54, 1.807) is 0 Å². The van der Waals surface area contributed by atoms with Crippen LogP contribution in [0, 0.1) is 0 Å². The number of hydrogen-bond acceptors (Lipinski definition) is 5. The molecule has 0 aromatic rings. The number of hydrogen-bond donors (Lipinski definition) is 0. The maximum absolute atomic E-state index is 13.8. The largest absolute Gasteiger partial charge is 0.463 e. The Labute approximate surface area is 111 Å². The first kappa shape index (κ1) is 18.2. The van der Waals surface area contributed by atoms with Crippen molar-refractivity contribution in [2.24, 2.45) is 0 Å². The van der Waals surface area contributed by atoms with Gasteiger partial charge in [0.15, 0.2) is 0 Å². The summed E-state index contributed by atoms with van der Waals surface area (Å²) in [7, 11) is -4.49. The lowest BCUT2D eigenvalue weighted by Crippen LogP contribution is -2.21. The van der Waals surface area contributed by atoms with Crippen LogP contribution in [-0.2, 0) is 23.1 Å². The zero-order chi connectivity index (χ0) is 14.9. The number of esters is 1. The molecule has 19 heavy (non-hydrogen) atoms. The molecule has 0 saturated carbocycles. The van der Waals surface area contributed by atoms with Gasteiger partial charge in [-0.1, -0.05) is 6.58 Å². The maximum Gasteiger partial charge on any atom is 0.399 e. The van der Waals surface area contributed by atoms with Gasteiger partial charge in [0.2, 0.25) is 0 Å². The second-order valence-electron chi connectivity index (χ2n) is 3.47. The van der Waals surface area contributed by atoms with Crippen molar-refractivity contribution in [1.29, 1.82) is 0 Å². The van der Waals surface area contributed by atoms with E-state index in [4.69, 9.17) is 0 Å². The Hall–Kier alpha value is -0.780. The normalized spacial score (nSPS) is 12.2. The van der Waals surface area contributed by atoms with Crippen LogP contribution >= 0.6 is 7.60 Å². The molecule has 0 bridgehead atoms. The standard InChI is InChI=1S/C11H19F2O5P/c1-4-10(14)16-9-7-8-11(12,13)19(15,17-5-2)18-6-3/h4H,1,5-9H2,2-3H3. The molecule has 0 aromatic carbocycles. The quantitative estimate of drug-likeness (QED) is 0.268. The van der Waals surface area contributed by atoms with Crippen molar-refractivity contribution in [3.8, 4) is 0 Å². The average molecular weight is 300 g/mol. The van der Waals surface area contributed by atoms with Crippen LogP contribution in [0.15, 0.2) is 12.7 Å². The first-order chi connectivity index (χ1) is 8.83. The summed E-state index contributed by atoms with van der Waals surface area (Å²) in [5.41, 5.74) is -3.61. The molecule has 0 spiro atoms. The van der Waals surface area contributed by atoms with Crippen molar-refractivity contribution in [3.63, 3.8) is 0 Å². The van der Waals surface area contributed by atoms with Crippen LogP contribution in [0.3, 0.4) is 0 Å². The Morgan fingerprint density at radius 1 is 1.32 bits per heavy atom. The zero-order valence-corrected chi connectivity index (χ0v) is 12.0. The Bertz CT molecular complexity index is 336. The van der Waals surface area contributed by atoms with Gasteiger partial charge in [0.25, 0.3) is 0 Å². The molecule has 0 saturated heterocycles. The average Bonchev–Trinajstić information content (AvgIpc) is 2.34. The third kappa shape index (κ3) is 5.80. The predicted molar refractivity (Wildman–Crippen MR) is 66.2 cm³/mol. The van der Waals surface area contributed by atoms with E-state index in [0.29, 0.717) is 0 Å². The topological polar surface area (TPSA) is 61.8 Å². The number of carbonyl (C=O) groups excluding carboxylic acids is 1. The third-order valence-electron chi connectivity index (χ3n) is 2.03. The van der Waals surface area contributed by atoms with Gasteiger partial charge in [0, 0.05) is 12.5 Å². The van der Waals surface area contributed by atoms with Gasteiger partial charge < -0.3 is 13.8 Å². The Balaban J connectivity index is 4.44. The molecule has 0 unspecified atom stereocenters. The number of carbonyl (C=O) groups is 1. The smallest absolute Gasteiger partial charge is 0.399 e. The van der Waals surface area contributed by atoms with E-state index in [2.05, 4.69) is 20.4 Å². The predicted octanol–water partition coefficient (Wildman–Crippen LogP) is 3.35. The minimum atomic E-state index is -4.49. The maximum atomic E-state index is 13.8.